The number of amides is 1. The Morgan fingerprint density at radius 3 is 2.65 bits per heavy atom. The lowest BCUT2D eigenvalue weighted by Crippen LogP contribution is -2.40. The first-order valence-electron chi connectivity index (χ1n) is 11.6. The van der Waals surface area contributed by atoms with Crippen LogP contribution in [0.25, 0.3) is 0 Å². The first-order valence-corrected chi connectivity index (χ1v) is 12.0. The maximum Gasteiger partial charge on any atom is 0.276 e. The van der Waals surface area contributed by atoms with Gasteiger partial charge < -0.3 is 24.4 Å². The van der Waals surface area contributed by atoms with E-state index in [0.29, 0.717) is 55.3 Å². The molecule has 0 spiro atoms. The van der Waals surface area contributed by atoms with Crippen LogP contribution in [0.2, 0.25) is 5.02 Å². The molecule has 1 saturated carbocycles. The standard InChI is InChI=1S/C24H25ClN6O3/c25-16-3-5-17(6-4-16)26-22-18-7-8-31(23(32)19-13-21(34-29-19)15-1-2-15)14-20(18)27-24(28-22)30-9-11-33-12-10-30/h3-6,13,15H,1-2,7-12,14H2,(H,26,27,28). The number of hydrogen-bond acceptors (Lipinski definition) is 8. The second-order valence-corrected chi connectivity index (χ2v) is 9.33. The summed E-state index contributed by atoms with van der Waals surface area (Å²) in [7, 11) is 0. The van der Waals surface area contributed by atoms with E-state index < -0.39 is 0 Å². The third-order valence-electron chi connectivity index (χ3n) is 6.47. The highest BCUT2D eigenvalue weighted by atomic mass is 35.5. The Labute approximate surface area is 202 Å². The molecule has 2 aromatic heterocycles. The zero-order valence-electron chi connectivity index (χ0n) is 18.7. The van der Waals surface area contributed by atoms with Gasteiger partial charge in [-0.15, -0.1) is 0 Å². The van der Waals surface area contributed by atoms with Crippen LogP contribution in [-0.4, -0.2) is 58.8 Å². The number of benzene rings is 1. The van der Waals surface area contributed by atoms with Crippen molar-refractivity contribution in [1.82, 2.24) is 20.0 Å². The highest BCUT2D eigenvalue weighted by Gasteiger charge is 2.32. The number of anilines is 3. The van der Waals surface area contributed by atoms with Gasteiger partial charge in [0.05, 0.1) is 25.5 Å². The van der Waals surface area contributed by atoms with Gasteiger partial charge in [0.1, 0.15) is 11.6 Å². The Morgan fingerprint density at radius 2 is 1.88 bits per heavy atom. The number of nitrogens with zero attached hydrogens (tertiary/aromatic N) is 5. The summed E-state index contributed by atoms with van der Waals surface area (Å²) in [6.45, 7) is 3.69. The Bertz CT molecular complexity index is 1200. The number of nitrogens with one attached hydrogen (secondary N) is 1. The normalized spacial score (nSPS) is 18.0. The van der Waals surface area contributed by atoms with Crippen molar-refractivity contribution in [2.45, 2.75) is 31.7 Å². The minimum Gasteiger partial charge on any atom is -0.378 e. The molecule has 6 rings (SSSR count). The van der Waals surface area contributed by atoms with Crippen molar-refractivity contribution in [3.05, 3.63) is 58.1 Å². The first-order chi connectivity index (χ1) is 16.6. The first kappa shape index (κ1) is 21.4. The van der Waals surface area contributed by atoms with Gasteiger partial charge in [-0.1, -0.05) is 16.8 Å². The number of halogens is 1. The molecule has 4 heterocycles. The number of ether oxygens (including phenoxy) is 1. The third kappa shape index (κ3) is 4.33. The second-order valence-electron chi connectivity index (χ2n) is 8.89. The molecule has 0 radical (unpaired) electrons. The quantitative estimate of drug-likeness (QED) is 0.589. The van der Waals surface area contributed by atoms with E-state index in [1.807, 2.05) is 24.3 Å². The molecule has 1 amide bonds. The van der Waals surface area contributed by atoms with Gasteiger partial charge in [-0.3, -0.25) is 4.79 Å². The highest BCUT2D eigenvalue weighted by molar-refractivity contribution is 6.30. The van der Waals surface area contributed by atoms with E-state index in [1.54, 1.807) is 11.0 Å². The van der Waals surface area contributed by atoms with Crippen molar-refractivity contribution in [3.8, 4) is 0 Å². The number of rotatable bonds is 5. The molecule has 2 aliphatic heterocycles. The van der Waals surface area contributed by atoms with Gasteiger partial charge in [0, 0.05) is 47.9 Å². The molecule has 0 unspecified atom stereocenters. The number of fused-ring (bicyclic) bond motifs is 1. The van der Waals surface area contributed by atoms with Crippen molar-refractivity contribution < 1.29 is 14.1 Å². The number of aromatic nitrogens is 3. The molecule has 1 aliphatic carbocycles. The summed E-state index contributed by atoms with van der Waals surface area (Å²) in [6.07, 6.45) is 2.85. The summed E-state index contributed by atoms with van der Waals surface area (Å²) in [5.41, 5.74) is 3.13. The lowest BCUT2D eigenvalue weighted by Gasteiger charge is -2.32. The van der Waals surface area contributed by atoms with Crippen molar-refractivity contribution >= 4 is 35.0 Å². The lowest BCUT2D eigenvalue weighted by atomic mass is 10.0. The van der Waals surface area contributed by atoms with Gasteiger partial charge in [0.25, 0.3) is 5.91 Å². The monoisotopic (exact) mass is 480 g/mol. The van der Waals surface area contributed by atoms with Crippen LogP contribution in [0.4, 0.5) is 17.5 Å². The number of morpholine rings is 1. The van der Waals surface area contributed by atoms with Crippen LogP contribution < -0.4 is 10.2 Å². The highest BCUT2D eigenvalue weighted by Crippen LogP contribution is 2.40. The van der Waals surface area contributed by atoms with Gasteiger partial charge >= 0.3 is 0 Å². The van der Waals surface area contributed by atoms with Crippen molar-refractivity contribution in [2.75, 3.05) is 43.1 Å². The summed E-state index contributed by atoms with van der Waals surface area (Å²) in [4.78, 5) is 26.8. The van der Waals surface area contributed by atoms with Gasteiger partial charge in [0.15, 0.2) is 5.69 Å². The van der Waals surface area contributed by atoms with Gasteiger partial charge in [-0.2, -0.15) is 4.98 Å². The maximum atomic E-state index is 13.2. The van der Waals surface area contributed by atoms with Crippen LogP contribution in [0.3, 0.4) is 0 Å². The maximum absolute atomic E-state index is 13.2. The number of hydrogen-bond donors (Lipinski definition) is 1. The fourth-order valence-electron chi connectivity index (χ4n) is 4.38. The molecule has 2 fully saturated rings. The van der Waals surface area contributed by atoms with Crippen LogP contribution in [0, 0.1) is 0 Å². The average molecular weight is 481 g/mol. The Morgan fingerprint density at radius 1 is 1.09 bits per heavy atom. The smallest absolute Gasteiger partial charge is 0.276 e. The van der Waals surface area contributed by atoms with E-state index in [-0.39, 0.29) is 5.91 Å². The molecule has 0 atom stereocenters. The van der Waals surface area contributed by atoms with E-state index >= 15 is 0 Å². The van der Waals surface area contributed by atoms with E-state index in [2.05, 4.69) is 15.4 Å². The summed E-state index contributed by atoms with van der Waals surface area (Å²) in [5, 5.41) is 8.15. The molecule has 1 saturated heterocycles. The third-order valence-corrected chi connectivity index (χ3v) is 6.72. The predicted molar refractivity (Wildman–Crippen MR) is 127 cm³/mol. The van der Waals surface area contributed by atoms with Crippen LogP contribution in [-0.2, 0) is 17.7 Å². The zero-order valence-corrected chi connectivity index (χ0v) is 19.4. The fourth-order valence-corrected chi connectivity index (χ4v) is 4.51. The van der Waals surface area contributed by atoms with Gasteiger partial charge in [0.2, 0.25) is 5.95 Å². The number of carbonyl (C=O) groups excluding carboxylic acids is 1. The molecule has 10 heteroatoms. The molecule has 1 N–H and O–H groups in total. The summed E-state index contributed by atoms with van der Waals surface area (Å²) in [5.74, 6) is 2.51. The van der Waals surface area contributed by atoms with Gasteiger partial charge in [-0.05, 0) is 43.5 Å². The SMILES string of the molecule is O=C(c1cc(C2CC2)on1)N1CCc2c(nc(N3CCOCC3)nc2Nc2ccc(Cl)cc2)C1. The summed E-state index contributed by atoms with van der Waals surface area (Å²) < 4.78 is 10.9. The summed E-state index contributed by atoms with van der Waals surface area (Å²) in [6, 6.07) is 9.32. The molecule has 9 nitrogen and oxygen atoms in total. The molecular weight excluding hydrogens is 456 g/mol. The zero-order chi connectivity index (χ0) is 23.1. The second kappa shape index (κ2) is 8.88. The minimum atomic E-state index is -0.125. The van der Waals surface area contributed by atoms with Crippen molar-refractivity contribution in [1.29, 1.82) is 0 Å². The van der Waals surface area contributed by atoms with Crippen molar-refractivity contribution in [3.63, 3.8) is 0 Å². The predicted octanol–water partition coefficient (Wildman–Crippen LogP) is 3.77. The van der Waals surface area contributed by atoms with E-state index in [1.165, 1.54) is 0 Å². The van der Waals surface area contributed by atoms with E-state index in [4.69, 9.17) is 30.8 Å². The Hall–Kier alpha value is -3.17. The molecule has 3 aromatic rings. The van der Waals surface area contributed by atoms with Crippen LogP contribution in [0.15, 0.2) is 34.9 Å². The number of carbonyl (C=O) groups is 1. The Kier molecular flexibility index (Phi) is 5.58. The molecule has 0 bridgehead atoms. The molecular formula is C24H25ClN6O3. The van der Waals surface area contributed by atoms with Crippen LogP contribution in [0.1, 0.15) is 46.3 Å². The van der Waals surface area contributed by atoms with E-state index in [0.717, 1.165) is 54.5 Å². The fraction of sp³-hybridized carbons (Fsp3) is 0.417. The van der Waals surface area contributed by atoms with Crippen molar-refractivity contribution in [2.24, 2.45) is 0 Å². The molecule has 3 aliphatic rings. The molecule has 34 heavy (non-hydrogen) atoms. The van der Waals surface area contributed by atoms with Crippen LogP contribution in [0.5, 0.6) is 0 Å². The topological polar surface area (TPSA) is 96.6 Å². The lowest BCUT2D eigenvalue weighted by molar-refractivity contribution is 0.0721. The van der Waals surface area contributed by atoms with E-state index in [9.17, 15) is 4.79 Å². The molecule has 176 valence electrons. The molecule has 1 aromatic carbocycles. The largest absolute Gasteiger partial charge is 0.378 e. The minimum absolute atomic E-state index is 0.125. The Balaban J connectivity index is 1.29. The summed E-state index contributed by atoms with van der Waals surface area (Å²) >= 11 is 6.05. The van der Waals surface area contributed by atoms with Gasteiger partial charge in [-0.25, -0.2) is 4.98 Å². The average Bonchev–Trinajstić information content (AvgIpc) is 3.61. The van der Waals surface area contributed by atoms with Crippen LogP contribution >= 0.6 is 11.6 Å².